The van der Waals surface area contributed by atoms with Crippen LogP contribution >= 0.6 is 0 Å². The topological polar surface area (TPSA) is 29.9 Å². The second kappa shape index (κ2) is 4.24. The highest BCUT2D eigenvalue weighted by molar-refractivity contribution is 5.34. The highest BCUT2D eigenvalue weighted by Gasteiger charge is 2.20. The van der Waals surface area contributed by atoms with E-state index >= 15 is 0 Å². The molecule has 0 bridgehead atoms. The lowest BCUT2D eigenvalue weighted by molar-refractivity contribution is 0.530. The summed E-state index contributed by atoms with van der Waals surface area (Å²) in [7, 11) is 0. The number of benzene rings is 1. The zero-order valence-corrected chi connectivity index (χ0v) is 10.1. The van der Waals surface area contributed by atoms with Crippen molar-refractivity contribution >= 4 is 5.95 Å². The highest BCUT2D eigenvalue weighted by atomic mass is 15.2. The Morgan fingerprint density at radius 1 is 1.35 bits per heavy atom. The van der Waals surface area contributed by atoms with Crippen LogP contribution in [-0.4, -0.2) is 16.1 Å². The molecule has 1 aromatic heterocycles. The van der Waals surface area contributed by atoms with Crippen LogP contribution in [0.2, 0.25) is 0 Å². The van der Waals surface area contributed by atoms with E-state index < -0.39 is 0 Å². The first-order chi connectivity index (χ1) is 8.38. The first kappa shape index (κ1) is 10.4. The van der Waals surface area contributed by atoms with E-state index in [1.54, 1.807) is 0 Å². The predicted octanol–water partition coefficient (Wildman–Crippen LogP) is 2.85. The molecule has 1 atom stereocenters. The standard InChI is InChI=1S/C14H17N3/c1-2-11-3-5-12(6-4-11)13-7-8-15-14-16-9-10-17(13)14/h3-6,9-10,13H,2,7-8H2,1H3,(H,15,16). The summed E-state index contributed by atoms with van der Waals surface area (Å²) < 4.78 is 2.23. The van der Waals surface area contributed by atoms with Crippen molar-refractivity contribution in [1.82, 2.24) is 9.55 Å². The average Bonchev–Trinajstić information content (AvgIpc) is 2.87. The summed E-state index contributed by atoms with van der Waals surface area (Å²) in [6.45, 7) is 3.19. The van der Waals surface area contributed by atoms with Gasteiger partial charge >= 0.3 is 0 Å². The Morgan fingerprint density at radius 2 is 2.18 bits per heavy atom. The van der Waals surface area contributed by atoms with Gasteiger partial charge in [0.25, 0.3) is 0 Å². The second-order valence-corrected chi connectivity index (χ2v) is 4.48. The van der Waals surface area contributed by atoms with E-state index in [9.17, 15) is 0 Å². The van der Waals surface area contributed by atoms with E-state index in [1.165, 1.54) is 11.1 Å². The highest BCUT2D eigenvalue weighted by Crippen LogP contribution is 2.28. The van der Waals surface area contributed by atoms with Crippen LogP contribution in [0, 0.1) is 0 Å². The minimum absolute atomic E-state index is 0.430. The number of nitrogens with one attached hydrogen (secondary N) is 1. The maximum absolute atomic E-state index is 4.32. The predicted molar refractivity (Wildman–Crippen MR) is 69.3 cm³/mol. The van der Waals surface area contributed by atoms with Crippen molar-refractivity contribution in [2.24, 2.45) is 0 Å². The summed E-state index contributed by atoms with van der Waals surface area (Å²) >= 11 is 0. The molecule has 1 aliphatic heterocycles. The van der Waals surface area contributed by atoms with Gasteiger partial charge in [0.1, 0.15) is 0 Å². The van der Waals surface area contributed by atoms with Crippen LogP contribution in [0.15, 0.2) is 36.7 Å². The van der Waals surface area contributed by atoms with Crippen LogP contribution in [-0.2, 0) is 6.42 Å². The van der Waals surface area contributed by atoms with E-state index in [2.05, 4.69) is 52.3 Å². The number of aromatic nitrogens is 2. The van der Waals surface area contributed by atoms with Gasteiger partial charge in [-0.05, 0) is 24.0 Å². The molecule has 0 saturated carbocycles. The number of nitrogens with zero attached hydrogens (tertiary/aromatic N) is 2. The maximum Gasteiger partial charge on any atom is 0.203 e. The van der Waals surface area contributed by atoms with E-state index in [4.69, 9.17) is 0 Å². The monoisotopic (exact) mass is 227 g/mol. The van der Waals surface area contributed by atoms with Gasteiger partial charge in [0.05, 0.1) is 6.04 Å². The molecule has 2 aromatic rings. The molecule has 1 unspecified atom stereocenters. The van der Waals surface area contributed by atoms with Crippen molar-refractivity contribution in [1.29, 1.82) is 0 Å². The number of rotatable bonds is 2. The molecule has 17 heavy (non-hydrogen) atoms. The molecule has 1 aromatic carbocycles. The molecule has 3 nitrogen and oxygen atoms in total. The van der Waals surface area contributed by atoms with Crippen LogP contribution < -0.4 is 5.32 Å². The Morgan fingerprint density at radius 3 is 2.94 bits per heavy atom. The van der Waals surface area contributed by atoms with Crippen molar-refractivity contribution in [2.45, 2.75) is 25.8 Å². The Hall–Kier alpha value is -1.77. The summed E-state index contributed by atoms with van der Waals surface area (Å²) in [5, 5.41) is 3.32. The van der Waals surface area contributed by atoms with Crippen LogP contribution in [0.5, 0.6) is 0 Å². The number of imidazole rings is 1. The number of fused-ring (bicyclic) bond motifs is 1. The summed E-state index contributed by atoms with van der Waals surface area (Å²) in [4.78, 5) is 4.32. The minimum Gasteiger partial charge on any atom is -0.356 e. The fourth-order valence-electron chi connectivity index (χ4n) is 2.46. The van der Waals surface area contributed by atoms with E-state index in [0.717, 1.165) is 25.3 Å². The lowest BCUT2D eigenvalue weighted by Crippen LogP contribution is -2.23. The van der Waals surface area contributed by atoms with Crippen molar-refractivity contribution < 1.29 is 0 Å². The van der Waals surface area contributed by atoms with Gasteiger partial charge in [0.2, 0.25) is 5.95 Å². The van der Waals surface area contributed by atoms with Gasteiger partial charge in [-0.2, -0.15) is 0 Å². The van der Waals surface area contributed by atoms with Crippen LogP contribution in [0.4, 0.5) is 5.95 Å². The van der Waals surface area contributed by atoms with Crippen molar-refractivity contribution in [2.75, 3.05) is 11.9 Å². The van der Waals surface area contributed by atoms with E-state index in [-0.39, 0.29) is 0 Å². The molecule has 0 fully saturated rings. The second-order valence-electron chi connectivity index (χ2n) is 4.48. The van der Waals surface area contributed by atoms with Gasteiger partial charge in [0, 0.05) is 18.9 Å². The molecule has 0 amide bonds. The molecular formula is C14H17N3. The summed E-state index contributed by atoms with van der Waals surface area (Å²) in [5.74, 6) is 0.987. The van der Waals surface area contributed by atoms with Gasteiger partial charge < -0.3 is 9.88 Å². The Balaban J connectivity index is 1.95. The van der Waals surface area contributed by atoms with Crippen LogP contribution in [0.1, 0.15) is 30.5 Å². The molecule has 3 rings (SSSR count). The van der Waals surface area contributed by atoms with Gasteiger partial charge in [0.15, 0.2) is 0 Å². The van der Waals surface area contributed by atoms with Crippen LogP contribution in [0.25, 0.3) is 0 Å². The molecule has 2 heterocycles. The normalized spacial score (nSPS) is 18.5. The molecule has 1 N–H and O–H groups in total. The average molecular weight is 227 g/mol. The zero-order valence-electron chi connectivity index (χ0n) is 10.1. The van der Waals surface area contributed by atoms with Gasteiger partial charge in [-0.25, -0.2) is 4.98 Å². The molecule has 0 saturated heterocycles. The summed E-state index contributed by atoms with van der Waals surface area (Å²) in [6.07, 6.45) is 6.14. The Labute approximate surface area is 101 Å². The van der Waals surface area contributed by atoms with Crippen molar-refractivity contribution in [3.8, 4) is 0 Å². The number of anilines is 1. The largest absolute Gasteiger partial charge is 0.356 e. The first-order valence-corrected chi connectivity index (χ1v) is 6.24. The summed E-state index contributed by atoms with van der Waals surface area (Å²) in [5.41, 5.74) is 2.77. The SMILES string of the molecule is CCc1ccc(C2CCNc3nccn32)cc1. The molecule has 0 spiro atoms. The van der Waals surface area contributed by atoms with Gasteiger partial charge in [-0.1, -0.05) is 31.2 Å². The minimum atomic E-state index is 0.430. The van der Waals surface area contributed by atoms with Gasteiger partial charge in [-0.3, -0.25) is 0 Å². The molecule has 1 aliphatic rings. The number of hydrogen-bond acceptors (Lipinski definition) is 2. The maximum atomic E-state index is 4.32. The fourth-order valence-corrected chi connectivity index (χ4v) is 2.46. The Bertz CT molecular complexity index is 498. The molecule has 88 valence electrons. The molecule has 0 aliphatic carbocycles. The number of aryl methyl sites for hydroxylation is 1. The quantitative estimate of drug-likeness (QED) is 0.855. The third-order valence-electron chi connectivity index (χ3n) is 3.48. The first-order valence-electron chi connectivity index (χ1n) is 6.24. The molecular weight excluding hydrogens is 210 g/mol. The Kier molecular flexibility index (Phi) is 2.59. The summed E-state index contributed by atoms with van der Waals surface area (Å²) in [6, 6.07) is 9.39. The van der Waals surface area contributed by atoms with Gasteiger partial charge in [-0.15, -0.1) is 0 Å². The molecule has 3 heteroatoms. The van der Waals surface area contributed by atoms with Crippen LogP contribution in [0.3, 0.4) is 0 Å². The zero-order chi connectivity index (χ0) is 11.7. The smallest absolute Gasteiger partial charge is 0.203 e. The van der Waals surface area contributed by atoms with Crippen molar-refractivity contribution in [3.63, 3.8) is 0 Å². The van der Waals surface area contributed by atoms with E-state index in [1.807, 2.05) is 6.20 Å². The van der Waals surface area contributed by atoms with Crippen molar-refractivity contribution in [3.05, 3.63) is 47.8 Å². The number of hydrogen-bond donors (Lipinski definition) is 1. The fraction of sp³-hybridized carbons (Fsp3) is 0.357. The van der Waals surface area contributed by atoms with E-state index in [0.29, 0.717) is 6.04 Å². The molecule has 0 radical (unpaired) electrons. The third-order valence-corrected chi connectivity index (χ3v) is 3.48. The lowest BCUT2D eigenvalue weighted by atomic mass is 10.0. The lowest BCUT2D eigenvalue weighted by Gasteiger charge is -2.26. The third kappa shape index (κ3) is 1.82.